The van der Waals surface area contributed by atoms with Gasteiger partial charge in [-0.15, -0.1) is 23.8 Å². The van der Waals surface area contributed by atoms with Crippen molar-refractivity contribution in [2.45, 2.75) is 49.4 Å². The third-order valence-electron chi connectivity index (χ3n) is 9.31. The average Bonchev–Trinajstić information content (AvgIpc) is 3.76. The molecule has 0 bridgehead atoms. The first-order valence-electron chi connectivity index (χ1n) is 16.8. The molecule has 249 valence electrons. The van der Waals surface area contributed by atoms with Crippen molar-refractivity contribution in [3.05, 3.63) is 139 Å². The number of pyridine rings is 2. The van der Waals surface area contributed by atoms with Crippen LogP contribution >= 0.6 is 11.3 Å². The van der Waals surface area contributed by atoms with Gasteiger partial charge in [-0.05, 0) is 51.9 Å². The van der Waals surface area contributed by atoms with Crippen LogP contribution in [0.15, 0.2) is 116 Å². The molecule has 3 heterocycles. The molecule has 7 aromatic rings. The molecule has 0 saturated heterocycles. The number of benzene rings is 4. The van der Waals surface area contributed by atoms with Crippen LogP contribution < -0.4 is 4.40 Å². The van der Waals surface area contributed by atoms with Gasteiger partial charge in [0.2, 0.25) is 0 Å². The summed E-state index contributed by atoms with van der Waals surface area (Å²) < 4.78 is 18.1. The monoisotopic (exact) mass is 901 g/mol. The maximum absolute atomic E-state index is 14.3. The van der Waals surface area contributed by atoms with E-state index < -0.39 is 13.3 Å². The van der Waals surface area contributed by atoms with Crippen LogP contribution in [0.4, 0.5) is 4.39 Å². The minimum Gasteiger partial charge on any atom is 0 e. The summed E-state index contributed by atoms with van der Waals surface area (Å²) in [5.74, 6) is 7.76. The van der Waals surface area contributed by atoms with Crippen LogP contribution in [0.2, 0.25) is 17.3 Å². The van der Waals surface area contributed by atoms with Crippen molar-refractivity contribution in [3.8, 4) is 33.6 Å². The number of thiophene rings is 1. The summed E-state index contributed by atoms with van der Waals surface area (Å²) in [4.78, 5) is 9.24. The van der Waals surface area contributed by atoms with Crippen LogP contribution in [0.25, 0.3) is 53.8 Å². The summed E-state index contributed by atoms with van der Waals surface area (Å²) in [7, 11) is 0. The Kier molecular flexibility index (Phi) is 11.3. The molecule has 1 aliphatic rings. The molecule has 1 saturated carbocycles. The van der Waals surface area contributed by atoms with Gasteiger partial charge in [-0.25, -0.2) is 4.39 Å². The molecule has 8 rings (SSSR count). The first-order chi connectivity index (χ1) is 23.3. The summed E-state index contributed by atoms with van der Waals surface area (Å²) >= 11 is 0.0270. The maximum atomic E-state index is 14.3. The van der Waals surface area contributed by atoms with E-state index in [0.717, 1.165) is 45.1 Å². The van der Waals surface area contributed by atoms with Crippen molar-refractivity contribution in [1.29, 1.82) is 0 Å². The Hall–Kier alpha value is -3.48. The molecule has 0 spiro atoms. The van der Waals surface area contributed by atoms with E-state index in [4.69, 9.17) is 4.98 Å². The predicted octanol–water partition coefficient (Wildman–Crippen LogP) is 11.5. The first-order valence-corrected chi connectivity index (χ1v) is 25.0. The van der Waals surface area contributed by atoms with E-state index >= 15 is 0 Å². The van der Waals surface area contributed by atoms with Gasteiger partial charge in [0.05, 0.1) is 0 Å². The van der Waals surface area contributed by atoms with Crippen LogP contribution in [-0.4, -0.2) is 23.2 Å². The van der Waals surface area contributed by atoms with Crippen LogP contribution in [0, 0.1) is 23.9 Å². The van der Waals surface area contributed by atoms with E-state index in [9.17, 15) is 4.39 Å². The van der Waals surface area contributed by atoms with Crippen LogP contribution in [0.5, 0.6) is 0 Å². The van der Waals surface area contributed by atoms with Gasteiger partial charge in [-0.1, -0.05) is 73.0 Å². The number of halogens is 1. The fourth-order valence-corrected chi connectivity index (χ4v) is 10.0. The summed E-state index contributed by atoms with van der Waals surface area (Å²) in [5, 5.41) is 2.41. The van der Waals surface area contributed by atoms with Gasteiger partial charge in [0.1, 0.15) is 5.82 Å². The minimum atomic E-state index is -1.72. The van der Waals surface area contributed by atoms with Crippen LogP contribution in [-0.2, 0) is 26.5 Å². The summed E-state index contributed by atoms with van der Waals surface area (Å²) in [6, 6.07) is 40.7. The van der Waals surface area contributed by atoms with Gasteiger partial charge in [0, 0.05) is 36.6 Å². The molecule has 0 aliphatic heterocycles. The van der Waals surface area contributed by atoms with E-state index in [0.29, 0.717) is 5.56 Å². The van der Waals surface area contributed by atoms with Gasteiger partial charge >= 0.3 is 99.8 Å². The Labute approximate surface area is 309 Å². The molecule has 3 aromatic heterocycles. The maximum Gasteiger partial charge on any atom is 0 e. The van der Waals surface area contributed by atoms with Crippen molar-refractivity contribution in [2.75, 3.05) is 0 Å². The molecular weight excluding hydrogens is 860 g/mol. The molecule has 1 fully saturated rings. The Balaban J connectivity index is 0.000000208. The Morgan fingerprint density at radius 2 is 1.61 bits per heavy atom. The molecule has 0 N–H and O–H groups in total. The van der Waals surface area contributed by atoms with Crippen molar-refractivity contribution in [2.24, 2.45) is 5.92 Å². The summed E-state index contributed by atoms with van der Waals surface area (Å²) in [6.07, 6.45) is 10.6. The van der Waals surface area contributed by atoms with Gasteiger partial charge in [0.25, 0.3) is 0 Å². The molecule has 1 aliphatic carbocycles. The fraction of sp³-hybridized carbons (Fsp3) is 0.209. The first kappa shape index (κ1) is 35.4. The normalized spacial score (nSPS) is 13.2. The SMILES string of the molecule is Fc1ccccc1-c1ccc2c(c1)sc1c(-c3cc(CC4CCCC4)ccn3)[c-]ccc12.[CH3][Ge]([CH3])([CH3])[c]1ccc(-c2[c-]cccc2)nc1.[Ir]. The van der Waals surface area contributed by atoms with Gasteiger partial charge in [-0.3, -0.25) is 0 Å². The third-order valence-corrected chi connectivity index (χ3v) is 14.8. The smallest absolute Gasteiger partial charge is 0 e. The molecule has 1 radical (unpaired) electrons. The summed E-state index contributed by atoms with van der Waals surface area (Å²) in [5.41, 5.74) is 7.04. The number of aromatic nitrogens is 2. The minimum absolute atomic E-state index is 0. The number of rotatable bonds is 6. The third kappa shape index (κ3) is 8.13. The zero-order valence-electron chi connectivity index (χ0n) is 28.1. The second-order valence-corrected chi connectivity index (χ2v) is 25.5. The molecule has 0 unspecified atom stereocenters. The van der Waals surface area contributed by atoms with E-state index in [-0.39, 0.29) is 25.9 Å². The Bertz CT molecular complexity index is 2170. The standard InChI is InChI=1S/C29H23FNS.C14H16GeN.Ir/c30-26-11-4-3-8-22(26)21-12-13-23-24-9-5-10-25(29(24)32-28(23)18-21)27-17-20(14-15-31-27)16-19-6-1-2-7-19;1-15(2,3)13-9-10-14(16-11-13)12-7-5-4-6-8-12;/h3-5,8-9,11-15,17-19H,1-2,6-7,16H2;4-7,9-11H,1-3H3;/q2*-1;. The zero-order valence-corrected chi connectivity index (χ0v) is 33.4. The Morgan fingerprint density at radius 3 is 2.35 bits per heavy atom. The van der Waals surface area contributed by atoms with E-state index in [1.807, 2.05) is 60.9 Å². The van der Waals surface area contributed by atoms with Gasteiger partial charge in [0.15, 0.2) is 0 Å². The van der Waals surface area contributed by atoms with Crippen molar-refractivity contribution < 1.29 is 24.5 Å². The second-order valence-electron chi connectivity index (χ2n) is 13.8. The molecule has 0 amide bonds. The van der Waals surface area contributed by atoms with Crippen molar-refractivity contribution >= 4 is 49.2 Å². The fourth-order valence-electron chi connectivity index (χ4n) is 6.63. The van der Waals surface area contributed by atoms with Crippen LogP contribution in [0.1, 0.15) is 31.2 Å². The van der Waals surface area contributed by atoms with E-state index in [1.165, 1.54) is 57.2 Å². The summed E-state index contributed by atoms with van der Waals surface area (Å²) in [6.45, 7) is 0. The molecule has 0 atom stereocenters. The second kappa shape index (κ2) is 15.6. The molecule has 6 heteroatoms. The molecule has 4 aromatic carbocycles. The van der Waals surface area contributed by atoms with Crippen molar-refractivity contribution in [1.82, 2.24) is 9.97 Å². The van der Waals surface area contributed by atoms with E-state index in [2.05, 4.69) is 76.8 Å². The van der Waals surface area contributed by atoms with Gasteiger partial charge in [-0.2, -0.15) is 11.3 Å². The van der Waals surface area contributed by atoms with Crippen molar-refractivity contribution in [3.63, 3.8) is 0 Å². The largest absolute Gasteiger partial charge is 0 e. The van der Waals surface area contributed by atoms with Crippen LogP contribution in [0.3, 0.4) is 0 Å². The molecular formula is C43H39FGeIrN2S-2. The molecule has 2 nitrogen and oxygen atoms in total. The van der Waals surface area contributed by atoms with E-state index in [1.54, 1.807) is 17.4 Å². The topological polar surface area (TPSA) is 25.8 Å². The average molecular weight is 900 g/mol. The Morgan fingerprint density at radius 1 is 0.796 bits per heavy atom. The predicted molar refractivity (Wildman–Crippen MR) is 204 cm³/mol. The number of hydrogen-bond donors (Lipinski definition) is 0. The number of hydrogen-bond acceptors (Lipinski definition) is 3. The number of nitrogens with zero attached hydrogens (tertiary/aromatic N) is 2. The zero-order chi connectivity index (χ0) is 33.1. The van der Waals surface area contributed by atoms with Gasteiger partial charge < -0.3 is 4.98 Å². The quantitative estimate of drug-likeness (QED) is 0.123. The molecule has 49 heavy (non-hydrogen) atoms. The number of fused-ring (bicyclic) bond motifs is 3.